The number of para-hydroxylation sites is 2. The van der Waals surface area contributed by atoms with Gasteiger partial charge in [-0.1, -0.05) is 12.1 Å². The van der Waals surface area contributed by atoms with Crippen molar-refractivity contribution in [2.45, 2.75) is 33.5 Å². The molecule has 0 unspecified atom stereocenters. The molecule has 3 heterocycles. The van der Waals surface area contributed by atoms with Crippen molar-refractivity contribution in [2.24, 2.45) is 0 Å². The molecule has 4 aromatic rings. The number of aromatic nitrogens is 3. The van der Waals surface area contributed by atoms with Crippen molar-refractivity contribution in [3.63, 3.8) is 0 Å². The Bertz CT molecular complexity index is 1310. The minimum absolute atomic E-state index is 0.108. The van der Waals surface area contributed by atoms with E-state index in [1.165, 1.54) is 22.8 Å². The molecule has 0 fully saturated rings. The second kappa shape index (κ2) is 8.60. The second-order valence-corrected chi connectivity index (χ2v) is 7.72. The third-order valence-electron chi connectivity index (χ3n) is 4.72. The zero-order chi connectivity index (χ0) is 22.0. The van der Waals surface area contributed by atoms with Gasteiger partial charge in [0, 0.05) is 18.8 Å². The first-order valence-electron chi connectivity index (χ1n) is 9.73. The van der Waals surface area contributed by atoms with Crippen molar-refractivity contribution >= 4 is 39.3 Å². The largest absolute Gasteiger partial charge is 0.458 e. The lowest BCUT2D eigenvalue weighted by Crippen LogP contribution is -2.29. The van der Waals surface area contributed by atoms with E-state index in [2.05, 4.69) is 15.6 Å². The number of fused-ring (bicyclic) bond motifs is 1. The highest BCUT2D eigenvalue weighted by atomic mass is 32.1. The van der Waals surface area contributed by atoms with Gasteiger partial charge in [0.25, 0.3) is 0 Å². The summed E-state index contributed by atoms with van der Waals surface area (Å²) in [5.41, 5.74) is 1.87. The number of anilines is 1. The summed E-state index contributed by atoms with van der Waals surface area (Å²) in [6.07, 6.45) is 0. The van der Waals surface area contributed by atoms with E-state index < -0.39 is 0 Å². The molecule has 160 valence electrons. The molecule has 0 spiro atoms. The molecule has 0 saturated heterocycles. The fourth-order valence-electron chi connectivity index (χ4n) is 3.30. The second-order valence-electron chi connectivity index (χ2n) is 6.86. The van der Waals surface area contributed by atoms with Gasteiger partial charge in [-0.25, -0.2) is 9.78 Å². The van der Waals surface area contributed by atoms with Crippen molar-refractivity contribution < 1.29 is 14.0 Å². The van der Waals surface area contributed by atoms with Gasteiger partial charge >= 0.3 is 5.69 Å². The molecule has 4 rings (SSSR count). The molecule has 0 saturated carbocycles. The normalized spacial score (nSPS) is 11.0. The molecule has 2 amide bonds. The smallest absolute Gasteiger partial charge is 0.329 e. The zero-order valence-corrected chi connectivity index (χ0v) is 17.9. The number of furan rings is 1. The summed E-state index contributed by atoms with van der Waals surface area (Å²) in [4.78, 5) is 40.7. The van der Waals surface area contributed by atoms with Crippen molar-refractivity contribution in [3.05, 3.63) is 58.0 Å². The first-order chi connectivity index (χ1) is 15.0. The number of hydrogen-bond donors (Lipinski definition) is 2. The zero-order valence-electron chi connectivity index (χ0n) is 17.0. The van der Waals surface area contributed by atoms with Gasteiger partial charge in [0.1, 0.15) is 18.0 Å². The Hall–Kier alpha value is -3.66. The van der Waals surface area contributed by atoms with E-state index in [9.17, 15) is 14.4 Å². The number of aryl methyl sites for hydroxylation is 1. The molecule has 0 aliphatic rings. The standard InChI is InChI=1S/C21H21N5O4S/c1-3-25-16-6-4-5-7-17(16)26(21(25)29)11-19(28)24-20-23-15(12-31-20)18-9-8-14(30-18)10-22-13(2)27/h4-9,12H,3,10-11H2,1-2H3,(H,22,27)(H,23,24,28). The predicted molar refractivity (Wildman–Crippen MR) is 118 cm³/mol. The Labute approximate surface area is 181 Å². The molecule has 0 bridgehead atoms. The number of thiazole rings is 1. The minimum atomic E-state index is -0.340. The summed E-state index contributed by atoms with van der Waals surface area (Å²) < 4.78 is 8.78. The van der Waals surface area contributed by atoms with Crippen LogP contribution in [0.5, 0.6) is 0 Å². The number of amides is 2. The summed E-state index contributed by atoms with van der Waals surface area (Å²) in [6.45, 7) is 4.04. The van der Waals surface area contributed by atoms with Crippen molar-refractivity contribution in [2.75, 3.05) is 5.32 Å². The van der Waals surface area contributed by atoms with Crippen LogP contribution in [0.4, 0.5) is 5.13 Å². The molecule has 0 aliphatic heterocycles. The van der Waals surface area contributed by atoms with Gasteiger partial charge in [-0.3, -0.25) is 18.7 Å². The van der Waals surface area contributed by atoms with Crippen molar-refractivity contribution in [1.82, 2.24) is 19.4 Å². The predicted octanol–water partition coefficient (Wildman–Crippen LogP) is 2.81. The van der Waals surface area contributed by atoms with Gasteiger partial charge in [-0.15, -0.1) is 11.3 Å². The first-order valence-corrected chi connectivity index (χ1v) is 10.6. The molecule has 0 atom stereocenters. The Morgan fingerprint density at radius 3 is 2.58 bits per heavy atom. The third kappa shape index (κ3) is 4.29. The van der Waals surface area contributed by atoms with E-state index >= 15 is 0 Å². The van der Waals surface area contributed by atoms with Crippen LogP contribution in [0.1, 0.15) is 19.6 Å². The number of rotatable bonds is 7. The average Bonchev–Trinajstić information content (AvgIpc) is 3.45. The summed E-state index contributed by atoms with van der Waals surface area (Å²) in [5, 5.41) is 7.59. The maximum absolute atomic E-state index is 12.7. The molecule has 10 heteroatoms. The highest BCUT2D eigenvalue weighted by Crippen LogP contribution is 2.26. The van der Waals surface area contributed by atoms with Gasteiger partial charge in [0.2, 0.25) is 11.8 Å². The van der Waals surface area contributed by atoms with E-state index in [-0.39, 0.29) is 24.0 Å². The summed E-state index contributed by atoms with van der Waals surface area (Å²) in [5.74, 6) is 0.667. The highest BCUT2D eigenvalue weighted by Gasteiger charge is 2.16. The lowest BCUT2D eigenvalue weighted by molar-refractivity contribution is -0.119. The number of imidazole rings is 1. The molecular weight excluding hydrogens is 418 g/mol. The molecule has 3 aromatic heterocycles. The molecule has 1 aromatic carbocycles. The summed E-state index contributed by atoms with van der Waals surface area (Å²) >= 11 is 1.26. The SMILES string of the molecule is CCn1c(=O)n(CC(=O)Nc2nc(-c3ccc(CNC(C)=O)o3)cs2)c2ccccc21. The fraction of sp³-hybridized carbons (Fsp3) is 0.238. The quantitative estimate of drug-likeness (QED) is 0.460. The Balaban J connectivity index is 1.47. The Kier molecular flexibility index (Phi) is 5.72. The van der Waals surface area contributed by atoms with Gasteiger partial charge in [-0.2, -0.15) is 0 Å². The van der Waals surface area contributed by atoms with Crippen LogP contribution in [0.3, 0.4) is 0 Å². The lowest BCUT2D eigenvalue weighted by atomic mass is 10.3. The van der Waals surface area contributed by atoms with Crippen molar-refractivity contribution in [1.29, 1.82) is 0 Å². The number of nitrogens with one attached hydrogen (secondary N) is 2. The van der Waals surface area contributed by atoms with Gasteiger partial charge in [0.15, 0.2) is 10.9 Å². The lowest BCUT2D eigenvalue weighted by Gasteiger charge is -2.03. The number of benzene rings is 1. The van der Waals surface area contributed by atoms with Crippen LogP contribution in [0, 0.1) is 0 Å². The van der Waals surface area contributed by atoms with Crippen LogP contribution in [-0.4, -0.2) is 25.9 Å². The number of carbonyl (C=O) groups excluding carboxylic acids is 2. The van der Waals surface area contributed by atoms with Crippen LogP contribution in [0.2, 0.25) is 0 Å². The Morgan fingerprint density at radius 2 is 1.87 bits per heavy atom. The van der Waals surface area contributed by atoms with E-state index in [0.29, 0.717) is 41.0 Å². The summed E-state index contributed by atoms with van der Waals surface area (Å²) in [7, 11) is 0. The monoisotopic (exact) mass is 439 g/mol. The average molecular weight is 439 g/mol. The molecule has 0 aliphatic carbocycles. The topological polar surface area (TPSA) is 111 Å². The maximum atomic E-state index is 12.7. The van der Waals surface area contributed by atoms with Gasteiger partial charge < -0.3 is 15.1 Å². The highest BCUT2D eigenvalue weighted by molar-refractivity contribution is 7.14. The van der Waals surface area contributed by atoms with E-state index in [1.807, 2.05) is 31.2 Å². The Morgan fingerprint density at radius 1 is 1.13 bits per heavy atom. The molecule has 9 nitrogen and oxygen atoms in total. The van der Waals surface area contributed by atoms with Crippen molar-refractivity contribution in [3.8, 4) is 11.5 Å². The van der Waals surface area contributed by atoms with E-state index in [0.717, 1.165) is 5.52 Å². The molecular formula is C21H21N5O4S. The molecule has 2 N–H and O–H groups in total. The van der Waals surface area contributed by atoms with Crippen LogP contribution in [-0.2, 0) is 29.2 Å². The number of hydrogen-bond acceptors (Lipinski definition) is 6. The first kappa shape index (κ1) is 20.6. The number of carbonyl (C=O) groups is 2. The number of nitrogens with zero attached hydrogens (tertiary/aromatic N) is 3. The van der Waals surface area contributed by atoms with Crippen LogP contribution in [0.15, 0.2) is 51.0 Å². The molecule has 31 heavy (non-hydrogen) atoms. The van der Waals surface area contributed by atoms with Gasteiger partial charge in [-0.05, 0) is 31.2 Å². The third-order valence-corrected chi connectivity index (χ3v) is 5.48. The summed E-state index contributed by atoms with van der Waals surface area (Å²) in [6, 6.07) is 10.9. The maximum Gasteiger partial charge on any atom is 0.329 e. The van der Waals surface area contributed by atoms with Crippen LogP contribution < -0.4 is 16.3 Å². The van der Waals surface area contributed by atoms with Gasteiger partial charge in [0.05, 0.1) is 17.6 Å². The van der Waals surface area contributed by atoms with Crippen LogP contribution >= 0.6 is 11.3 Å². The van der Waals surface area contributed by atoms with E-state index in [4.69, 9.17) is 4.42 Å². The van der Waals surface area contributed by atoms with E-state index in [1.54, 1.807) is 22.1 Å². The fourth-order valence-corrected chi connectivity index (χ4v) is 4.02. The molecule has 0 radical (unpaired) electrons. The minimum Gasteiger partial charge on any atom is -0.458 e. The van der Waals surface area contributed by atoms with Crippen LogP contribution in [0.25, 0.3) is 22.5 Å².